The van der Waals surface area contributed by atoms with E-state index in [1.165, 1.54) is 0 Å². The van der Waals surface area contributed by atoms with Crippen LogP contribution in [0.2, 0.25) is 0 Å². The summed E-state index contributed by atoms with van der Waals surface area (Å²) in [7, 11) is 0. The Morgan fingerprint density at radius 3 is 1.97 bits per heavy atom. The summed E-state index contributed by atoms with van der Waals surface area (Å²) in [6.07, 6.45) is -1.08. The molecular weight excluding hydrogens is 376 g/mol. The van der Waals surface area contributed by atoms with Crippen LogP contribution in [0, 0.1) is 11.8 Å². The van der Waals surface area contributed by atoms with Gasteiger partial charge in [-0.3, -0.25) is 9.59 Å². The summed E-state index contributed by atoms with van der Waals surface area (Å²) in [5.41, 5.74) is -0.682. The predicted molar refractivity (Wildman–Crippen MR) is 111 cm³/mol. The van der Waals surface area contributed by atoms with Crippen LogP contribution in [-0.4, -0.2) is 53.5 Å². The number of carbonyl (C=O) groups excluding carboxylic acids is 3. The Kier molecular flexibility index (Phi) is 11.9. The number of alkyl carbamates (subject to hydrolysis) is 1. The highest BCUT2D eigenvalue weighted by atomic mass is 16.6. The first-order valence-electron chi connectivity index (χ1n) is 10.4. The van der Waals surface area contributed by atoms with Crippen molar-refractivity contribution >= 4 is 18.0 Å². The van der Waals surface area contributed by atoms with Gasteiger partial charge >= 0.3 is 12.1 Å². The van der Waals surface area contributed by atoms with Crippen molar-refractivity contribution in [2.75, 3.05) is 6.61 Å². The minimum absolute atomic E-state index is 0.147. The van der Waals surface area contributed by atoms with E-state index in [0.717, 1.165) is 0 Å². The van der Waals surface area contributed by atoms with Crippen molar-refractivity contribution in [3.8, 4) is 0 Å². The second kappa shape index (κ2) is 12.7. The summed E-state index contributed by atoms with van der Waals surface area (Å²) < 4.78 is 10.1. The van der Waals surface area contributed by atoms with Gasteiger partial charge in [0.25, 0.3) is 0 Å². The standard InChI is InChI=1S/C21H40N2O6/c1-9-28-18(25)12-17(24)15(10-13(2)3)22-19(26)16(11-14(4)5)23-20(27)29-21(6,7)8/h13-17,24H,9-12H2,1-8H3,(H,22,26)(H,23,27)/t15-,16-,17-/m0/s1. The third kappa shape index (κ3) is 13.1. The van der Waals surface area contributed by atoms with Crippen molar-refractivity contribution in [2.45, 2.75) is 98.4 Å². The molecule has 0 spiro atoms. The number of aliphatic hydroxyl groups excluding tert-OH is 1. The maximum atomic E-state index is 12.9. The van der Waals surface area contributed by atoms with Gasteiger partial charge in [-0.15, -0.1) is 0 Å². The van der Waals surface area contributed by atoms with Crippen molar-refractivity contribution in [3.05, 3.63) is 0 Å². The second-order valence-corrected chi connectivity index (χ2v) is 9.15. The normalized spacial score (nSPS) is 14.9. The predicted octanol–water partition coefficient (Wildman–Crippen LogP) is 2.77. The number of rotatable bonds is 11. The van der Waals surface area contributed by atoms with Crippen LogP contribution in [0.5, 0.6) is 0 Å². The van der Waals surface area contributed by atoms with E-state index in [4.69, 9.17) is 9.47 Å². The molecule has 0 aliphatic heterocycles. The average molecular weight is 417 g/mol. The molecule has 8 heteroatoms. The summed E-state index contributed by atoms with van der Waals surface area (Å²) in [4.78, 5) is 36.7. The van der Waals surface area contributed by atoms with E-state index in [2.05, 4.69) is 10.6 Å². The van der Waals surface area contributed by atoms with E-state index < -0.39 is 41.8 Å². The second-order valence-electron chi connectivity index (χ2n) is 9.15. The van der Waals surface area contributed by atoms with Crippen LogP contribution >= 0.6 is 0 Å². The maximum absolute atomic E-state index is 12.9. The number of ether oxygens (including phenoxy) is 2. The van der Waals surface area contributed by atoms with E-state index in [-0.39, 0.29) is 24.9 Å². The monoisotopic (exact) mass is 416 g/mol. The van der Waals surface area contributed by atoms with Gasteiger partial charge in [-0.05, 0) is 52.4 Å². The molecule has 0 aromatic heterocycles. The molecule has 0 fully saturated rings. The van der Waals surface area contributed by atoms with Gasteiger partial charge in [-0.1, -0.05) is 27.7 Å². The molecule has 0 unspecified atom stereocenters. The lowest BCUT2D eigenvalue weighted by atomic mass is 9.96. The topological polar surface area (TPSA) is 114 Å². The quantitative estimate of drug-likeness (QED) is 0.446. The first kappa shape index (κ1) is 27.2. The lowest BCUT2D eigenvalue weighted by Gasteiger charge is -2.29. The van der Waals surface area contributed by atoms with Crippen LogP contribution in [0.15, 0.2) is 0 Å². The molecule has 29 heavy (non-hydrogen) atoms. The van der Waals surface area contributed by atoms with Crippen LogP contribution in [-0.2, 0) is 19.1 Å². The van der Waals surface area contributed by atoms with Gasteiger partial charge in [0.2, 0.25) is 5.91 Å². The smallest absolute Gasteiger partial charge is 0.408 e. The lowest BCUT2D eigenvalue weighted by molar-refractivity contribution is -0.146. The highest BCUT2D eigenvalue weighted by Crippen LogP contribution is 2.14. The van der Waals surface area contributed by atoms with Crippen molar-refractivity contribution < 1.29 is 29.0 Å². The summed E-state index contributed by atoms with van der Waals surface area (Å²) in [6, 6.07) is -1.45. The molecular formula is C21H40N2O6. The zero-order valence-corrected chi connectivity index (χ0v) is 19.2. The van der Waals surface area contributed by atoms with Gasteiger partial charge in [0.05, 0.1) is 25.2 Å². The molecule has 0 bridgehead atoms. The Morgan fingerprint density at radius 1 is 0.966 bits per heavy atom. The molecule has 3 atom stereocenters. The van der Waals surface area contributed by atoms with Gasteiger partial charge < -0.3 is 25.2 Å². The van der Waals surface area contributed by atoms with Crippen molar-refractivity contribution in [1.29, 1.82) is 0 Å². The van der Waals surface area contributed by atoms with Crippen LogP contribution in [0.4, 0.5) is 4.79 Å². The Hall–Kier alpha value is -1.83. The third-order valence-corrected chi connectivity index (χ3v) is 3.91. The lowest BCUT2D eigenvalue weighted by Crippen LogP contribution is -2.54. The van der Waals surface area contributed by atoms with E-state index in [1.807, 2.05) is 27.7 Å². The SMILES string of the molecule is CCOC(=O)C[C@H](O)[C@H](CC(C)C)NC(=O)[C@H](CC(C)C)NC(=O)OC(C)(C)C. The van der Waals surface area contributed by atoms with Gasteiger partial charge in [0.1, 0.15) is 11.6 Å². The van der Waals surface area contributed by atoms with Crippen LogP contribution < -0.4 is 10.6 Å². The number of hydrogen-bond acceptors (Lipinski definition) is 6. The minimum atomic E-state index is -1.08. The molecule has 0 aromatic rings. The fourth-order valence-electron chi connectivity index (χ4n) is 2.79. The molecule has 0 aromatic carbocycles. The zero-order chi connectivity index (χ0) is 22.8. The molecule has 8 nitrogen and oxygen atoms in total. The van der Waals surface area contributed by atoms with Gasteiger partial charge in [-0.25, -0.2) is 4.79 Å². The highest BCUT2D eigenvalue weighted by Gasteiger charge is 2.30. The van der Waals surface area contributed by atoms with E-state index in [0.29, 0.717) is 12.8 Å². The third-order valence-electron chi connectivity index (χ3n) is 3.91. The first-order valence-corrected chi connectivity index (χ1v) is 10.4. The summed E-state index contributed by atoms with van der Waals surface area (Å²) in [5.74, 6) is -0.611. The molecule has 2 amide bonds. The van der Waals surface area contributed by atoms with Crippen molar-refractivity contribution in [1.82, 2.24) is 10.6 Å². The average Bonchev–Trinajstić information content (AvgIpc) is 2.50. The Balaban J connectivity index is 5.23. The summed E-state index contributed by atoms with van der Waals surface area (Å²) in [5, 5.41) is 15.9. The largest absolute Gasteiger partial charge is 0.466 e. The Labute approximate surface area is 175 Å². The summed E-state index contributed by atoms with van der Waals surface area (Å²) >= 11 is 0. The maximum Gasteiger partial charge on any atom is 0.408 e. The number of carbonyl (C=O) groups is 3. The van der Waals surface area contributed by atoms with Crippen LogP contribution in [0.1, 0.15) is 74.7 Å². The minimum Gasteiger partial charge on any atom is -0.466 e. The summed E-state index contributed by atoms with van der Waals surface area (Å²) in [6.45, 7) is 15.0. The number of aliphatic hydroxyl groups is 1. The number of nitrogens with one attached hydrogen (secondary N) is 2. The van der Waals surface area contributed by atoms with Crippen LogP contribution in [0.25, 0.3) is 0 Å². The molecule has 3 N–H and O–H groups in total. The number of amides is 2. The van der Waals surface area contributed by atoms with E-state index in [9.17, 15) is 19.5 Å². The first-order chi connectivity index (χ1) is 13.2. The van der Waals surface area contributed by atoms with Gasteiger partial charge in [-0.2, -0.15) is 0 Å². The van der Waals surface area contributed by atoms with Crippen molar-refractivity contribution in [3.63, 3.8) is 0 Å². The molecule has 0 radical (unpaired) electrons. The van der Waals surface area contributed by atoms with E-state index in [1.54, 1.807) is 27.7 Å². The number of esters is 1. The fraction of sp³-hybridized carbons (Fsp3) is 0.857. The Morgan fingerprint density at radius 2 is 1.52 bits per heavy atom. The van der Waals surface area contributed by atoms with Gasteiger partial charge in [0, 0.05) is 0 Å². The van der Waals surface area contributed by atoms with Gasteiger partial charge in [0.15, 0.2) is 0 Å². The molecule has 170 valence electrons. The molecule has 0 aliphatic carbocycles. The highest BCUT2D eigenvalue weighted by molar-refractivity contribution is 5.86. The van der Waals surface area contributed by atoms with E-state index >= 15 is 0 Å². The molecule has 0 saturated heterocycles. The zero-order valence-electron chi connectivity index (χ0n) is 19.2. The van der Waals surface area contributed by atoms with Crippen LogP contribution in [0.3, 0.4) is 0 Å². The Bertz CT molecular complexity index is 528. The molecule has 0 aliphatic rings. The number of hydrogen-bond donors (Lipinski definition) is 3. The molecule has 0 heterocycles. The van der Waals surface area contributed by atoms with Crippen molar-refractivity contribution in [2.24, 2.45) is 11.8 Å². The molecule has 0 saturated carbocycles. The molecule has 0 rings (SSSR count). The fourth-order valence-corrected chi connectivity index (χ4v) is 2.79.